The summed E-state index contributed by atoms with van der Waals surface area (Å²) in [6.45, 7) is 6.66. The number of ether oxygens (including phenoxy) is 1. The number of benzene rings is 2. The van der Waals surface area contributed by atoms with E-state index in [2.05, 4.69) is 5.32 Å². The van der Waals surface area contributed by atoms with Crippen molar-refractivity contribution in [2.24, 2.45) is 5.92 Å². The maximum absolute atomic E-state index is 13.2. The van der Waals surface area contributed by atoms with Crippen molar-refractivity contribution in [1.29, 1.82) is 0 Å². The molecular weight excluding hydrogens is 424 g/mol. The number of nitrogens with zero attached hydrogens (tertiary/aromatic N) is 1. The number of aryl methyl sites for hydroxylation is 2. The van der Waals surface area contributed by atoms with E-state index >= 15 is 0 Å². The molecule has 1 aliphatic heterocycles. The van der Waals surface area contributed by atoms with E-state index in [1.165, 1.54) is 10.4 Å². The molecule has 0 spiro atoms. The zero-order valence-electron chi connectivity index (χ0n) is 17.4. The first-order valence-electron chi connectivity index (χ1n) is 10.0. The normalized spacial score (nSPS) is 15.7. The summed E-state index contributed by atoms with van der Waals surface area (Å²) in [5.74, 6) is -0.0191. The maximum Gasteiger partial charge on any atom is 0.246 e. The van der Waals surface area contributed by atoms with Gasteiger partial charge in [-0.15, -0.1) is 0 Å². The zero-order valence-corrected chi connectivity index (χ0v) is 19.0. The van der Waals surface area contributed by atoms with Gasteiger partial charge in [0.05, 0.1) is 6.61 Å². The third kappa shape index (κ3) is 5.14. The Morgan fingerprint density at radius 1 is 1.13 bits per heavy atom. The molecule has 1 N–H and O–H groups in total. The van der Waals surface area contributed by atoms with E-state index < -0.39 is 10.0 Å². The van der Waals surface area contributed by atoms with E-state index in [0.29, 0.717) is 24.5 Å². The van der Waals surface area contributed by atoms with Crippen LogP contribution in [0.3, 0.4) is 0 Å². The third-order valence-corrected chi connectivity index (χ3v) is 7.29. The summed E-state index contributed by atoms with van der Waals surface area (Å²) in [6, 6.07) is 10.5. The predicted octanol–water partition coefficient (Wildman–Crippen LogP) is 4.39. The number of hydrogen-bond acceptors (Lipinski definition) is 4. The van der Waals surface area contributed by atoms with Crippen molar-refractivity contribution in [2.45, 2.75) is 38.5 Å². The fourth-order valence-electron chi connectivity index (χ4n) is 3.75. The Hall–Kier alpha value is -2.09. The van der Waals surface area contributed by atoms with Crippen molar-refractivity contribution in [3.05, 3.63) is 52.5 Å². The van der Waals surface area contributed by atoms with E-state index in [-0.39, 0.29) is 35.6 Å². The van der Waals surface area contributed by atoms with Gasteiger partial charge in [0, 0.05) is 29.7 Å². The summed E-state index contributed by atoms with van der Waals surface area (Å²) < 4.78 is 33.2. The van der Waals surface area contributed by atoms with Gasteiger partial charge in [-0.25, -0.2) is 8.42 Å². The number of piperidine rings is 1. The van der Waals surface area contributed by atoms with Gasteiger partial charge in [-0.05, 0) is 75.1 Å². The number of anilines is 1. The number of sulfonamides is 1. The summed E-state index contributed by atoms with van der Waals surface area (Å²) in [5, 5.41) is 3.30. The van der Waals surface area contributed by atoms with E-state index in [4.69, 9.17) is 16.3 Å². The number of carbonyl (C=O) groups is 1. The van der Waals surface area contributed by atoms with Crippen LogP contribution < -0.4 is 10.1 Å². The van der Waals surface area contributed by atoms with Crippen LogP contribution >= 0.6 is 11.6 Å². The molecular formula is C22H27ClN2O4S. The molecule has 0 saturated carbocycles. The number of amides is 1. The van der Waals surface area contributed by atoms with Crippen LogP contribution in [0.25, 0.3) is 0 Å². The van der Waals surface area contributed by atoms with Gasteiger partial charge in [0.15, 0.2) is 0 Å². The first-order valence-corrected chi connectivity index (χ1v) is 11.8. The fourth-order valence-corrected chi connectivity index (χ4v) is 5.61. The second-order valence-electron chi connectivity index (χ2n) is 7.57. The van der Waals surface area contributed by atoms with E-state index in [9.17, 15) is 13.2 Å². The largest absolute Gasteiger partial charge is 0.492 e. The molecule has 1 fully saturated rings. The molecule has 2 aromatic carbocycles. The van der Waals surface area contributed by atoms with Crippen LogP contribution in [0.1, 0.15) is 30.9 Å². The van der Waals surface area contributed by atoms with Crippen LogP contribution in [0.4, 0.5) is 5.69 Å². The molecule has 8 heteroatoms. The molecule has 1 aliphatic rings. The minimum Gasteiger partial charge on any atom is -0.492 e. The average molecular weight is 451 g/mol. The second-order valence-corrected chi connectivity index (χ2v) is 9.91. The van der Waals surface area contributed by atoms with Gasteiger partial charge < -0.3 is 10.1 Å². The maximum atomic E-state index is 13.2. The average Bonchev–Trinajstić information content (AvgIpc) is 2.68. The summed E-state index contributed by atoms with van der Waals surface area (Å²) in [6.07, 6.45) is 0.917. The van der Waals surface area contributed by atoms with E-state index in [0.717, 1.165) is 16.8 Å². The highest BCUT2D eigenvalue weighted by molar-refractivity contribution is 7.89. The summed E-state index contributed by atoms with van der Waals surface area (Å²) >= 11 is 6.03. The van der Waals surface area contributed by atoms with Crippen molar-refractivity contribution in [2.75, 3.05) is 25.0 Å². The minimum absolute atomic E-state index is 0.0648. The van der Waals surface area contributed by atoms with Gasteiger partial charge in [0.25, 0.3) is 0 Å². The van der Waals surface area contributed by atoms with E-state index in [1.54, 1.807) is 19.1 Å². The molecule has 30 heavy (non-hydrogen) atoms. The Bertz CT molecular complexity index is 1010. The van der Waals surface area contributed by atoms with Gasteiger partial charge >= 0.3 is 0 Å². The molecule has 0 aliphatic carbocycles. The van der Waals surface area contributed by atoms with E-state index in [1.807, 2.05) is 32.0 Å². The second kappa shape index (κ2) is 9.37. The predicted molar refractivity (Wildman–Crippen MR) is 119 cm³/mol. The number of rotatable bonds is 6. The topological polar surface area (TPSA) is 75.7 Å². The molecule has 6 nitrogen and oxygen atoms in total. The Morgan fingerprint density at radius 3 is 2.37 bits per heavy atom. The highest BCUT2D eigenvalue weighted by Gasteiger charge is 2.34. The monoisotopic (exact) mass is 450 g/mol. The van der Waals surface area contributed by atoms with Crippen LogP contribution in [0, 0.1) is 19.8 Å². The number of carbonyl (C=O) groups excluding carboxylic acids is 1. The fraction of sp³-hybridized carbons (Fsp3) is 0.409. The summed E-state index contributed by atoms with van der Waals surface area (Å²) in [4.78, 5) is 12.7. The first-order chi connectivity index (χ1) is 14.2. The van der Waals surface area contributed by atoms with Gasteiger partial charge in [-0.1, -0.05) is 17.7 Å². The first kappa shape index (κ1) is 22.6. The van der Waals surface area contributed by atoms with Gasteiger partial charge in [0.1, 0.15) is 10.6 Å². The lowest BCUT2D eigenvalue weighted by Crippen LogP contribution is -2.41. The van der Waals surface area contributed by atoms with Gasteiger partial charge in [-0.2, -0.15) is 4.31 Å². The van der Waals surface area contributed by atoms with Gasteiger partial charge in [-0.3, -0.25) is 4.79 Å². The zero-order chi connectivity index (χ0) is 21.9. The van der Waals surface area contributed by atoms with Gasteiger partial charge in [0.2, 0.25) is 15.9 Å². The molecule has 0 radical (unpaired) electrons. The summed E-state index contributed by atoms with van der Waals surface area (Å²) in [7, 11) is -3.76. The van der Waals surface area contributed by atoms with Crippen LogP contribution in [0.15, 0.2) is 41.3 Å². The molecule has 0 aromatic heterocycles. The van der Waals surface area contributed by atoms with Crippen molar-refractivity contribution >= 4 is 33.2 Å². The molecule has 2 aromatic rings. The lowest BCUT2D eigenvalue weighted by Gasteiger charge is -2.31. The molecule has 0 atom stereocenters. The molecule has 0 unspecified atom stereocenters. The van der Waals surface area contributed by atoms with Crippen molar-refractivity contribution in [3.63, 3.8) is 0 Å². The molecule has 3 rings (SSSR count). The SMILES string of the molecule is CCOc1ccc(Cl)cc1S(=O)(=O)N1CCC(C(=O)Nc2cc(C)cc(C)c2)CC1. The Labute approximate surface area is 183 Å². The van der Waals surface area contributed by atoms with Crippen LogP contribution in [0.2, 0.25) is 5.02 Å². The quantitative estimate of drug-likeness (QED) is 0.707. The molecule has 0 bridgehead atoms. The lowest BCUT2D eigenvalue weighted by atomic mass is 9.97. The Kier molecular flexibility index (Phi) is 7.06. The van der Waals surface area contributed by atoms with Crippen molar-refractivity contribution in [3.8, 4) is 5.75 Å². The van der Waals surface area contributed by atoms with Crippen LogP contribution in [0.5, 0.6) is 5.75 Å². The molecule has 1 saturated heterocycles. The number of halogens is 1. The Morgan fingerprint density at radius 2 is 1.77 bits per heavy atom. The smallest absolute Gasteiger partial charge is 0.246 e. The van der Waals surface area contributed by atoms with Crippen LogP contribution in [-0.4, -0.2) is 38.3 Å². The lowest BCUT2D eigenvalue weighted by molar-refractivity contribution is -0.120. The third-order valence-electron chi connectivity index (χ3n) is 5.14. The molecule has 1 amide bonds. The highest BCUT2D eigenvalue weighted by Crippen LogP contribution is 2.32. The number of hydrogen-bond donors (Lipinski definition) is 1. The van der Waals surface area contributed by atoms with Crippen LogP contribution in [-0.2, 0) is 14.8 Å². The minimum atomic E-state index is -3.76. The standard InChI is InChI=1S/C22H27ClN2O4S/c1-4-29-20-6-5-18(23)14-21(20)30(27,28)25-9-7-17(8-10-25)22(26)24-19-12-15(2)11-16(3)13-19/h5-6,11-14,17H,4,7-10H2,1-3H3,(H,24,26). The Balaban J connectivity index is 1.69. The molecule has 162 valence electrons. The van der Waals surface area contributed by atoms with Crippen molar-refractivity contribution in [1.82, 2.24) is 4.31 Å². The number of nitrogens with one attached hydrogen (secondary N) is 1. The summed E-state index contributed by atoms with van der Waals surface area (Å²) in [5.41, 5.74) is 2.93. The van der Waals surface area contributed by atoms with Crippen molar-refractivity contribution < 1.29 is 17.9 Å². The highest BCUT2D eigenvalue weighted by atomic mass is 35.5. The molecule has 1 heterocycles.